The lowest BCUT2D eigenvalue weighted by atomic mass is 9.87. The Morgan fingerprint density at radius 1 is 1.25 bits per heavy atom. The number of hydrogen-bond acceptors (Lipinski definition) is 6. The summed E-state index contributed by atoms with van der Waals surface area (Å²) < 4.78 is 48.4. The average molecular weight is 458 g/mol. The molecule has 0 saturated carbocycles. The predicted octanol–water partition coefficient (Wildman–Crippen LogP) is 3.40. The molecule has 2 aromatic heterocycles. The standard InChI is InChI=1S/C19H24N2O4.C2HF3O2/c1-20(12-17-3-2-9-24-17)16-11-19(25-14-16)5-7-21(8-6-19)18(22)15-4-10-23-13-15;3-2(4,5)1(6)7/h2-4,9-10,13,16H,5-8,11-12,14H2,1H3;(H,6,7). The van der Waals surface area contributed by atoms with Crippen LogP contribution in [-0.2, 0) is 16.1 Å². The molecule has 4 rings (SSSR count). The van der Waals surface area contributed by atoms with E-state index >= 15 is 0 Å². The van der Waals surface area contributed by atoms with Crippen LogP contribution in [0.1, 0.15) is 35.4 Å². The second kappa shape index (κ2) is 9.78. The third kappa shape index (κ3) is 5.92. The molecular weight excluding hydrogens is 433 g/mol. The Morgan fingerprint density at radius 3 is 2.47 bits per heavy atom. The monoisotopic (exact) mass is 458 g/mol. The van der Waals surface area contributed by atoms with Crippen molar-refractivity contribution in [2.24, 2.45) is 0 Å². The molecule has 0 aliphatic carbocycles. The summed E-state index contributed by atoms with van der Waals surface area (Å²) in [6, 6.07) is 6.03. The van der Waals surface area contributed by atoms with Crippen molar-refractivity contribution in [2.45, 2.75) is 43.6 Å². The normalized spacial score (nSPS) is 20.3. The van der Waals surface area contributed by atoms with Gasteiger partial charge in [-0.1, -0.05) is 0 Å². The van der Waals surface area contributed by atoms with E-state index in [1.54, 1.807) is 12.3 Å². The molecule has 1 atom stereocenters. The number of likely N-dealkylation sites (tertiary alicyclic amines) is 1. The first kappa shape index (κ1) is 23.9. The van der Waals surface area contributed by atoms with Gasteiger partial charge in [-0.25, -0.2) is 4.79 Å². The van der Waals surface area contributed by atoms with E-state index in [0.29, 0.717) is 11.6 Å². The van der Waals surface area contributed by atoms with Crippen LogP contribution >= 0.6 is 0 Å². The maximum Gasteiger partial charge on any atom is 0.490 e. The van der Waals surface area contributed by atoms with E-state index in [-0.39, 0.29) is 11.5 Å². The van der Waals surface area contributed by atoms with Crippen LogP contribution in [0.3, 0.4) is 0 Å². The van der Waals surface area contributed by atoms with E-state index in [9.17, 15) is 18.0 Å². The first-order chi connectivity index (χ1) is 15.1. The highest BCUT2D eigenvalue weighted by atomic mass is 19.4. The Morgan fingerprint density at radius 2 is 1.94 bits per heavy atom. The van der Waals surface area contributed by atoms with Gasteiger partial charge in [-0.15, -0.1) is 0 Å². The Labute approximate surface area is 182 Å². The molecule has 2 fully saturated rings. The molecule has 0 bridgehead atoms. The average Bonchev–Trinajstić information content (AvgIpc) is 3.50. The van der Waals surface area contributed by atoms with Crippen molar-refractivity contribution in [2.75, 3.05) is 26.7 Å². The van der Waals surface area contributed by atoms with Crippen molar-refractivity contribution in [1.82, 2.24) is 9.80 Å². The van der Waals surface area contributed by atoms with E-state index in [1.165, 1.54) is 12.5 Å². The zero-order valence-corrected chi connectivity index (χ0v) is 17.5. The highest BCUT2D eigenvalue weighted by Gasteiger charge is 2.44. The van der Waals surface area contributed by atoms with Gasteiger partial charge in [-0.2, -0.15) is 13.2 Å². The number of hydrogen-bond donors (Lipinski definition) is 1. The lowest BCUT2D eigenvalue weighted by Gasteiger charge is -2.38. The lowest BCUT2D eigenvalue weighted by Crippen LogP contribution is -2.47. The van der Waals surface area contributed by atoms with Crippen molar-refractivity contribution < 1.29 is 41.4 Å². The summed E-state index contributed by atoms with van der Waals surface area (Å²) in [7, 11) is 2.12. The quantitative estimate of drug-likeness (QED) is 0.750. The summed E-state index contributed by atoms with van der Waals surface area (Å²) in [5.41, 5.74) is 0.536. The largest absolute Gasteiger partial charge is 0.490 e. The summed E-state index contributed by atoms with van der Waals surface area (Å²) in [6.45, 7) is 3.01. The molecule has 0 radical (unpaired) electrons. The van der Waals surface area contributed by atoms with Crippen molar-refractivity contribution in [1.29, 1.82) is 0 Å². The second-order valence-corrected chi connectivity index (χ2v) is 7.95. The molecule has 1 N–H and O–H groups in total. The van der Waals surface area contributed by atoms with Crippen LogP contribution in [0.4, 0.5) is 13.2 Å². The number of alkyl halides is 3. The van der Waals surface area contributed by atoms with E-state index in [1.807, 2.05) is 17.0 Å². The topological polar surface area (TPSA) is 96.4 Å². The molecule has 1 amide bonds. The number of nitrogens with zero attached hydrogens (tertiary/aromatic N) is 2. The minimum absolute atomic E-state index is 0.0492. The van der Waals surface area contributed by atoms with Crippen LogP contribution in [0.15, 0.2) is 45.8 Å². The zero-order valence-electron chi connectivity index (χ0n) is 17.5. The smallest absolute Gasteiger partial charge is 0.475 e. The first-order valence-corrected chi connectivity index (χ1v) is 10.1. The summed E-state index contributed by atoms with van der Waals surface area (Å²) in [6.07, 6.45) is 2.47. The minimum atomic E-state index is -5.08. The van der Waals surface area contributed by atoms with Gasteiger partial charge in [0.15, 0.2) is 0 Å². The van der Waals surface area contributed by atoms with Gasteiger partial charge < -0.3 is 23.6 Å². The summed E-state index contributed by atoms with van der Waals surface area (Å²) >= 11 is 0. The molecule has 11 heteroatoms. The summed E-state index contributed by atoms with van der Waals surface area (Å²) in [4.78, 5) is 25.5. The molecule has 8 nitrogen and oxygen atoms in total. The second-order valence-electron chi connectivity index (χ2n) is 7.95. The van der Waals surface area contributed by atoms with Crippen molar-refractivity contribution in [3.8, 4) is 0 Å². The van der Waals surface area contributed by atoms with Gasteiger partial charge in [-0.3, -0.25) is 9.69 Å². The van der Waals surface area contributed by atoms with Gasteiger partial charge in [0.05, 0.1) is 36.8 Å². The molecule has 1 spiro atoms. The maximum atomic E-state index is 12.4. The first-order valence-electron chi connectivity index (χ1n) is 10.1. The third-order valence-corrected chi connectivity index (χ3v) is 5.77. The number of furan rings is 2. The van der Waals surface area contributed by atoms with Crippen molar-refractivity contribution in [3.63, 3.8) is 0 Å². The van der Waals surface area contributed by atoms with Gasteiger partial charge in [-0.05, 0) is 44.5 Å². The van der Waals surface area contributed by atoms with Crippen LogP contribution in [0.25, 0.3) is 0 Å². The van der Waals surface area contributed by atoms with Crippen LogP contribution in [-0.4, -0.2) is 71.3 Å². The third-order valence-electron chi connectivity index (χ3n) is 5.77. The maximum absolute atomic E-state index is 12.4. The van der Waals surface area contributed by atoms with E-state index in [4.69, 9.17) is 23.5 Å². The van der Waals surface area contributed by atoms with Crippen LogP contribution < -0.4 is 0 Å². The summed E-state index contributed by atoms with van der Waals surface area (Å²) in [5, 5.41) is 7.12. The predicted molar refractivity (Wildman–Crippen MR) is 105 cm³/mol. The molecule has 2 aliphatic rings. The van der Waals surface area contributed by atoms with Gasteiger partial charge in [0.25, 0.3) is 5.91 Å². The fourth-order valence-corrected chi connectivity index (χ4v) is 3.92. The van der Waals surface area contributed by atoms with E-state index < -0.39 is 12.1 Å². The Balaban J connectivity index is 0.000000360. The van der Waals surface area contributed by atoms with Crippen molar-refractivity contribution >= 4 is 11.9 Å². The van der Waals surface area contributed by atoms with E-state index in [2.05, 4.69) is 11.9 Å². The fraction of sp³-hybridized carbons (Fsp3) is 0.524. The van der Waals surface area contributed by atoms with Gasteiger partial charge >= 0.3 is 12.1 Å². The fourth-order valence-electron chi connectivity index (χ4n) is 3.92. The number of likely N-dealkylation sites (N-methyl/N-ethyl adjacent to an activating group) is 1. The Kier molecular flexibility index (Phi) is 7.29. The number of rotatable bonds is 4. The molecule has 2 aliphatic heterocycles. The number of halogens is 3. The highest BCUT2D eigenvalue weighted by Crippen LogP contribution is 2.38. The van der Waals surface area contributed by atoms with E-state index in [0.717, 1.165) is 51.3 Å². The van der Waals surface area contributed by atoms with Crippen molar-refractivity contribution in [3.05, 3.63) is 48.3 Å². The van der Waals surface area contributed by atoms with Gasteiger partial charge in [0.1, 0.15) is 12.0 Å². The van der Waals surface area contributed by atoms with Crippen LogP contribution in [0.2, 0.25) is 0 Å². The Bertz CT molecular complexity index is 874. The van der Waals surface area contributed by atoms with Gasteiger partial charge in [0.2, 0.25) is 0 Å². The van der Waals surface area contributed by atoms with Gasteiger partial charge in [0, 0.05) is 19.1 Å². The molecule has 176 valence electrons. The molecular formula is C21H25F3N2O6. The Hall–Kier alpha value is -2.79. The SMILES string of the molecule is CN(Cc1ccco1)C1COC2(CCN(C(=O)c3ccoc3)CC2)C1.O=C(O)C(F)(F)F. The number of carbonyl (C=O) groups excluding carboxylic acids is 1. The molecule has 2 saturated heterocycles. The minimum Gasteiger partial charge on any atom is -0.475 e. The number of aliphatic carboxylic acids is 1. The molecule has 1 unspecified atom stereocenters. The number of ether oxygens (including phenoxy) is 1. The molecule has 2 aromatic rings. The van der Waals surface area contributed by atoms with Crippen LogP contribution in [0, 0.1) is 0 Å². The highest BCUT2D eigenvalue weighted by molar-refractivity contribution is 5.93. The number of carbonyl (C=O) groups is 2. The van der Waals surface area contributed by atoms with Crippen LogP contribution in [0.5, 0.6) is 0 Å². The summed E-state index contributed by atoms with van der Waals surface area (Å²) in [5.74, 6) is -1.73. The molecule has 32 heavy (non-hydrogen) atoms. The zero-order chi connectivity index (χ0) is 23.4. The lowest BCUT2D eigenvalue weighted by molar-refractivity contribution is -0.192. The number of amides is 1. The number of carboxylic acids is 1. The molecule has 4 heterocycles. The number of piperidine rings is 1. The number of carboxylic acid groups (broad SMARTS) is 1. The molecule has 0 aromatic carbocycles.